The molecule has 0 aliphatic rings. The van der Waals surface area contributed by atoms with Gasteiger partial charge in [-0.05, 0) is 17.5 Å². The van der Waals surface area contributed by atoms with Gasteiger partial charge in [0, 0.05) is 6.20 Å². The van der Waals surface area contributed by atoms with Crippen molar-refractivity contribution in [2.75, 3.05) is 0 Å². The number of aliphatic hydroxyl groups is 1. The molecule has 0 bridgehead atoms. The zero-order valence-corrected chi connectivity index (χ0v) is 7.29. The lowest BCUT2D eigenvalue weighted by Crippen LogP contribution is -2.17. The third kappa shape index (κ3) is 1.25. The Balaban J connectivity index is 2.58. The van der Waals surface area contributed by atoms with E-state index in [0.717, 1.165) is 5.39 Å². The minimum absolute atomic E-state index is 0.711. The van der Waals surface area contributed by atoms with Crippen molar-refractivity contribution >= 4 is 16.9 Å². The summed E-state index contributed by atoms with van der Waals surface area (Å²) in [6.07, 6.45) is 0.0404. The summed E-state index contributed by atoms with van der Waals surface area (Å²) < 4.78 is 1.32. The number of hydrogen-bond donors (Lipinski definition) is 2. The molecule has 1 aromatic heterocycles. The van der Waals surface area contributed by atoms with E-state index in [-0.39, 0.29) is 0 Å². The number of fused-ring (bicyclic) bond motifs is 1. The summed E-state index contributed by atoms with van der Waals surface area (Å²) in [7, 11) is 0. The molecule has 0 saturated heterocycles. The number of hydrogen-bond acceptors (Lipinski definition) is 2. The molecule has 0 aliphatic carbocycles. The zero-order chi connectivity index (χ0) is 10.1. The van der Waals surface area contributed by atoms with Crippen molar-refractivity contribution < 1.29 is 15.0 Å². The van der Waals surface area contributed by atoms with E-state index in [2.05, 4.69) is 0 Å². The molecule has 14 heavy (non-hydrogen) atoms. The molecule has 2 N–H and O–H groups in total. The highest BCUT2D eigenvalue weighted by Gasteiger charge is 2.16. The van der Waals surface area contributed by atoms with E-state index in [1.54, 1.807) is 24.4 Å². The van der Waals surface area contributed by atoms with Crippen molar-refractivity contribution in [3.05, 3.63) is 36.5 Å². The number of carboxylic acid groups (broad SMARTS) is 1. The molecule has 0 aliphatic heterocycles. The Kier molecular flexibility index (Phi) is 1.98. The molecule has 2 rings (SSSR count). The summed E-state index contributed by atoms with van der Waals surface area (Å²) in [5.41, 5.74) is 0.711. The molecule has 2 aromatic rings. The molecule has 4 nitrogen and oxygen atoms in total. The van der Waals surface area contributed by atoms with E-state index >= 15 is 0 Å². The van der Waals surface area contributed by atoms with Crippen LogP contribution >= 0.6 is 0 Å². The number of aromatic nitrogens is 1. The van der Waals surface area contributed by atoms with E-state index in [1.165, 1.54) is 4.57 Å². The minimum atomic E-state index is -1.52. The van der Waals surface area contributed by atoms with Crippen LogP contribution in [0.4, 0.5) is 0 Å². The second-order valence-electron chi connectivity index (χ2n) is 2.99. The van der Waals surface area contributed by atoms with E-state index in [9.17, 15) is 9.90 Å². The van der Waals surface area contributed by atoms with Crippen LogP contribution in [-0.2, 0) is 4.79 Å². The summed E-state index contributed by atoms with van der Waals surface area (Å²) in [6, 6.07) is 9.05. The summed E-state index contributed by atoms with van der Waals surface area (Å²) in [4.78, 5) is 10.6. The van der Waals surface area contributed by atoms with E-state index in [1.807, 2.05) is 12.1 Å². The van der Waals surface area contributed by atoms with Crippen molar-refractivity contribution in [2.24, 2.45) is 0 Å². The van der Waals surface area contributed by atoms with Crippen LogP contribution in [0.15, 0.2) is 36.5 Å². The van der Waals surface area contributed by atoms with Gasteiger partial charge in [0.25, 0.3) is 0 Å². The Bertz CT molecular complexity index is 475. The van der Waals surface area contributed by atoms with Crippen LogP contribution in [0.25, 0.3) is 10.9 Å². The van der Waals surface area contributed by atoms with Crippen molar-refractivity contribution in [1.82, 2.24) is 4.57 Å². The molecule has 0 spiro atoms. The standard InChI is InChI=1S/C10H9NO3/c12-9(10(13)14)11-6-5-7-3-1-2-4-8(7)11/h1-6,9,12H,(H,13,14)/t9-/m1/s1. The molecule has 0 radical (unpaired) electrons. The van der Waals surface area contributed by atoms with Crippen LogP contribution in [0.3, 0.4) is 0 Å². The molecule has 72 valence electrons. The smallest absolute Gasteiger partial charge is 0.354 e. The van der Waals surface area contributed by atoms with E-state index in [0.29, 0.717) is 5.52 Å². The Labute approximate surface area is 80.0 Å². The van der Waals surface area contributed by atoms with Crippen LogP contribution in [0, 0.1) is 0 Å². The van der Waals surface area contributed by atoms with Gasteiger partial charge >= 0.3 is 5.97 Å². The first-order valence-electron chi connectivity index (χ1n) is 4.16. The average Bonchev–Trinajstić information content (AvgIpc) is 2.60. The summed E-state index contributed by atoms with van der Waals surface area (Å²) in [5.74, 6) is -1.26. The van der Waals surface area contributed by atoms with E-state index < -0.39 is 12.2 Å². The molecular formula is C10H9NO3. The third-order valence-corrected chi connectivity index (χ3v) is 2.11. The van der Waals surface area contributed by atoms with Gasteiger partial charge in [0.15, 0.2) is 0 Å². The summed E-state index contributed by atoms with van der Waals surface area (Å²) >= 11 is 0. The topological polar surface area (TPSA) is 62.5 Å². The predicted octanol–water partition coefficient (Wildman–Crippen LogP) is 1.22. The van der Waals surface area contributed by atoms with Crippen LogP contribution in [0.1, 0.15) is 6.23 Å². The number of nitrogens with zero attached hydrogens (tertiary/aromatic N) is 1. The Hall–Kier alpha value is -1.81. The lowest BCUT2D eigenvalue weighted by Gasteiger charge is -2.08. The van der Waals surface area contributed by atoms with Gasteiger partial charge in [-0.15, -0.1) is 0 Å². The lowest BCUT2D eigenvalue weighted by molar-refractivity contribution is -0.151. The van der Waals surface area contributed by atoms with Crippen molar-refractivity contribution in [1.29, 1.82) is 0 Å². The van der Waals surface area contributed by atoms with Crippen molar-refractivity contribution in [2.45, 2.75) is 6.23 Å². The normalized spacial score (nSPS) is 12.9. The summed E-state index contributed by atoms with van der Waals surface area (Å²) in [6.45, 7) is 0. The zero-order valence-electron chi connectivity index (χ0n) is 7.29. The van der Waals surface area contributed by atoms with Crippen LogP contribution in [0.2, 0.25) is 0 Å². The van der Waals surface area contributed by atoms with Gasteiger partial charge < -0.3 is 14.8 Å². The fourth-order valence-electron chi connectivity index (χ4n) is 1.44. The molecule has 1 atom stereocenters. The Morgan fingerprint density at radius 2 is 2.00 bits per heavy atom. The highest BCUT2D eigenvalue weighted by molar-refractivity contribution is 5.82. The predicted molar refractivity (Wildman–Crippen MR) is 50.8 cm³/mol. The fraction of sp³-hybridized carbons (Fsp3) is 0.100. The monoisotopic (exact) mass is 191 g/mol. The van der Waals surface area contributed by atoms with Gasteiger partial charge in [-0.3, -0.25) is 0 Å². The first kappa shape index (κ1) is 8.77. The lowest BCUT2D eigenvalue weighted by atomic mass is 10.2. The second kappa shape index (κ2) is 3.16. The minimum Gasteiger partial charge on any atom is -0.478 e. The maximum atomic E-state index is 10.6. The molecule has 0 amide bonds. The fourth-order valence-corrected chi connectivity index (χ4v) is 1.44. The van der Waals surface area contributed by atoms with Crippen LogP contribution in [-0.4, -0.2) is 20.7 Å². The number of aliphatic hydroxyl groups excluding tert-OH is 1. The molecule has 0 fully saturated rings. The number of para-hydroxylation sites is 1. The molecule has 1 aromatic carbocycles. The number of rotatable bonds is 2. The van der Waals surface area contributed by atoms with Crippen molar-refractivity contribution in [3.8, 4) is 0 Å². The quantitative estimate of drug-likeness (QED) is 0.750. The first-order chi connectivity index (χ1) is 6.70. The number of aliphatic carboxylic acids is 1. The molecular weight excluding hydrogens is 182 g/mol. The maximum Gasteiger partial charge on any atom is 0.354 e. The third-order valence-electron chi connectivity index (χ3n) is 2.11. The molecule has 0 saturated carbocycles. The maximum absolute atomic E-state index is 10.6. The first-order valence-corrected chi connectivity index (χ1v) is 4.16. The van der Waals surface area contributed by atoms with Gasteiger partial charge in [0.2, 0.25) is 6.23 Å². The second-order valence-corrected chi connectivity index (χ2v) is 2.99. The van der Waals surface area contributed by atoms with Gasteiger partial charge in [-0.25, -0.2) is 4.79 Å². The molecule has 0 unspecified atom stereocenters. The SMILES string of the molecule is O=C(O)[C@@H](O)n1ccc2ccccc21. The van der Waals surface area contributed by atoms with Gasteiger partial charge in [0.1, 0.15) is 0 Å². The Morgan fingerprint density at radius 3 is 2.71 bits per heavy atom. The molecule has 4 heteroatoms. The highest BCUT2D eigenvalue weighted by Crippen LogP contribution is 2.18. The Morgan fingerprint density at radius 1 is 1.29 bits per heavy atom. The van der Waals surface area contributed by atoms with Crippen molar-refractivity contribution in [3.63, 3.8) is 0 Å². The van der Waals surface area contributed by atoms with Gasteiger partial charge in [0.05, 0.1) is 5.52 Å². The van der Waals surface area contributed by atoms with Crippen LogP contribution < -0.4 is 0 Å². The number of carboxylic acids is 1. The van der Waals surface area contributed by atoms with Gasteiger partial charge in [-0.1, -0.05) is 18.2 Å². The van der Waals surface area contributed by atoms with E-state index in [4.69, 9.17) is 5.11 Å². The number of benzene rings is 1. The largest absolute Gasteiger partial charge is 0.478 e. The van der Waals surface area contributed by atoms with Gasteiger partial charge in [-0.2, -0.15) is 0 Å². The average molecular weight is 191 g/mol. The highest BCUT2D eigenvalue weighted by atomic mass is 16.4. The molecule has 1 heterocycles. The number of carbonyl (C=O) groups is 1. The summed E-state index contributed by atoms with van der Waals surface area (Å²) in [5, 5.41) is 18.9. The van der Waals surface area contributed by atoms with Crippen LogP contribution in [0.5, 0.6) is 0 Å².